The number of amides is 2. The Morgan fingerprint density at radius 1 is 0.824 bits per heavy atom. The van der Waals surface area contributed by atoms with E-state index >= 15 is 0 Å². The Balaban J connectivity index is 1.91. The average molecular weight is 477 g/mol. The van der Waals surface area contributed by atoms with Gasteiger partial charge in [-0.05, 0) is 56.0 Å². The molecule has 0 aliphatic carbocycles. The maximum Gasteiger partial charge on any atom is 0.243 e. The van der Waals surface area contributed by atoms with E-state index in [4.69, 9.17) is 11.6 Å². The van der Waals surface area contributed by atoms with Gasteiger partial charge in [-0.2, -0.15) is 0 Å². The second-order valence-corrected chi connectivity index (χ2v) is 10.0. The van der Waals surface area contributed by atoms with Crippen LogP contribution in [0.3, 0.4) is 0 Å². The van der Waals surface area contributed by atoms with Crippen LogP contribution in [-0.2, 0) is 29.0 Å². The molecule has 1 atom stereocenters. The van der Waals surface area contributed by atoms with Gasteiger partial charge in [0.2, 0.25) is 11.8 Å². The third-order valence-electron chi connectivity index (χ3n) is 5.51. The van der Waals surface area contributed by atoms with Crippen molar-refractivity contribution in [1.82, 2.24) is 10.2 Å². The Hall–Kier alpha value is -3.11. The van der Waals surface area contributed by atoms with E-state index in [2.05, 4.69) is 5.32 Å². The van der Waals surface area contributed by atoms with Crippen LogP contribution in [0.5, 0.6) is 0 Å². The zero-order valence-corrected chi connectivity index (χ0v) is 20.9. The van der Waals surface area contributed by atoms with Gasteiger partial charge >= 0.3 is 0 Å². The molecule has 0 spiro atoms. The summed E-state index contributed by atoms with van der Waals surface area (Å²) in [5.41, 5.74) is 2.62. The zero-order valence-electron chi connectivity index (χ0n) is 20.1. The summed E-state index contributed by atoms with van der Waals surface area (Å²) in [5.74, 6) is -0.206. The van der Waals surface area contributed by atoms with Crippen LogP contribution in [0.1, 0.15) is 43.9 Å². The molecule has 0 aliphatic heterocycles. The number of halogens is 1. The van der Waals surface area contributed by atoms with E-state index in [1.54, 1.807) is 4.90 Å². The van der Waals surface area contributed by atoms with Crippen molar-refractivity contribution in [2.45, 2.75) is 58.2 Å². The first kappa shape index (κ1) is 25.5. The highest BCUT2D eigenvalue weighted by Gasteiger charge is 2.32. The first-order valence-electron chi connectivity index (χ1n) is 11.6. The van der Waals surface area contributed by atoms with Crippen molar-refractivity contribution in [2.75, 3.05) is 0 Å². The molecule has 0 bridgehead atoms. The van der Waals surface area contributed by atoms with Crippen molar-refractivity contribution in [3.63, 3.8) is 0 Å². The number of carbonyl (C=O) groups is 2. The third kappa shape index (κ3) is 8.03. The Kier molecular flexibility index (Phi) is 8.89. The average Bonchev–Trinajstić information content (AvgIpc) is 2.81. The molecule has 5 heteroatoms. The lowest BCUT2D eigenvalue weighted by molar-refractivity contribution is -0.141. The minimum Gasteiger partial charge on any atom is -0.350 e. The second-order valence-electron chi connectivity index (χ2n) is 9.58. The van der Waals surface area contributed by atoms with Crippen LogP contribution >= 0.6 is 11.6 Å². The predicted octanol–water partition coefficient (Wildman–Crippen LogP) is 5.83. The van der Waals surface area contributed by atoms with E-state index < -0.39 is 11.6 Å². The molecular formula is C29H33ClN2O2. The van der Waals surface area contributed by atoms with Crippen molar-refractivity contribution < 1.29 is 9.59 Å². The highest BCUT2D eigenvalue weighted by atomic mass is 35.5. The van der Waals surface area contributed by atoms with Crippen molar-refractivity contribution in [3.8, 4) is 0 Å². The fourth-order valence-corrected chi connectivity index (χ4v) is 3.96. The van der Waals surface area contributed by atoms with E-state index in [9.17, 15) is 9.59 Å². The summed E-state index contributed by atoms with van der Waals surface area (Å²) in [4.78, 5) is 28.8. The third-order valence-corrected chi connectivity index (χ3v) is 5.76. The van der Waals surface area contributed by atoms with E-state index in [0.29, 0.717) is 30.8 Å². The van der Waals surface area contributed by atoms with Gasteiger partial charge in [-0.3, -0.25) is 9.59 Å². The molecule has 0 saturated heterocycles. The van der Waals surface area contributed by atoms with Crippen LogP contribution in [0.15, 0.2) is 84.9 Å². The molecule has 0 aliphatic rings. The Labute approximate surface area is 207 Å². The van der Waals surface area contributed by atoms with Gasteiger partial charge < -0.3 is 10.2 Å². The number of carbonyl (C=O) groups excluding carboxylic acids is 2. The normalized spacial score (nSPS) is 12.1. The Morgan fingerprint density at radius 2 is 1.38 bits per heavy atom. The van der Waals surface area contributed by atoms with Gasteiger partial charge in [0.05, 0.1) is 0 Å². The largest absolute Gasteiger partial charge is 0.350 e. The van der Waals surface area contributed by atoms with Gasteiger partial charge in [0.15, 0.2) is 0 Å². The zero-order chi connectivity index (χ0) is 24.6. The molecular weight excluding hydrogens is 444 g/mol. The minimum atomic E-state index is -0.638. The van der Waals surface area contributed by atoms with Gasteiger partial charge in [0.25, 0.3) is 0 Å². The topological polar surface area (TPSA) is 49.4 Å². The van der Waals surface area contributed by atoms with Gasteiger partial charge in [-0.25, -0.2) is 0 Å². The maximum absolute atomic E-state index is 13.6. The molecule has 0 heterocycles. The first-order valence-corrected chi connectivity index (χ1v) is 12.0. The SMILES string of the molecule is CC(C)(C)NC(=O)[C@@H](Cc1ccccc1)N(Cc1ccc(Cl)cc1)C(=O)CCc1ccccc1. The minimum absolute atomic E-state index is 0.0520. The van der Waals surface area contributed by atoms with Crippen molar-refractivity contribution >= 4 is 23.4 Å². The molecule has 34 heavy (non-hydrogen) atoms. The van der Waals surface area contributed by atoms with E-state index in [1.165, 1.54) is 0 Å². The van der Waals surface area contributed by atoms with Gasteiger partial charge in [0, 0.05) is 29.9 Å². The second kappa shape index (κ2) is 11.8. The number of nitrogens with zero attached hydrogens (tertiary/aromatic N) is 1. The smallest absolute Gasteiger partial charge is 0.243 e. The monoisotopic (exact) mass is 476 g/mol. The van der Waals surface area contributed by atoms with Crippen LogP contribution in [0.2, 0.25) is 5.02 Å². The number of hydrogen-bond donors (Lipinski definition) is 1. The van der Waals surface area contributed by atoms with Gasteiger partial charge in [-0.15, -0.1) is 0 Å². The standard InChI is InChI=1S/C29H33ClN2O2/c1-29(2,3)31-28(34)26(20-23-12-8-5-9-13-23)32(21-24-14-17-25(30)18-15-24)27(33)19-16-22-10-6-4-7-11-22/h4-15,17-18,26H,16,19-21H2,1-3H3,(H,31,34)/t26-/m1/s1. The molecule has 0 aromatic heterocycles. The summed E-state index contributed by atoms with van der Waals surface area (Å²) in [6.45, 7) is 6.18. The molecule has 2 amide bonds. The quantitative estimate of drug-likeness (QED) is 0.422. The van der Waals surface area contributed by atoms with Gasteiger partial charge in [0.1, 0.15) is 6.04 Å². The molecule has 3 aromatic carbocycles. The van der Waals surface area contributed by atoms with Crippen molar-refractivity contribution in [2.24, 2.45) is 0 Å². The van der Waals surface area contributed by atoms with E-state index in [-0.39, 0.29) is 11.8 Å². The Bertz CT molecular complexity index is 1060. The van der Waals surface area contributed by atoms with Gasteiger partial charge in [-0.1, -0.05) is 84.4 Å². The summed E-state index contributed by atoms with van der Waals surface area (Å²) in [6.07, 6.45) is 1.38. The fraction of sp³-hybridized carbons (Fsp3) is 0.310. The summed E-state index contributed by atoms with van der Waals surface area (Å²) < 4.78 is 0. The first-order chi connectivity index (χ1) is 16.2. The predicted molar refractivity (Wildman–Crippen MR) is 139 cm³/mol. The molecule has 0 unspecified atom stereocenters. The molecule has 0 fully saturated rings. The summed E-state index contributed by atoms with van der Waals surface area (Å²) >= 11 is 6.08. The number of aryl methyl sites for hydroxylation is 1. The summed E-state index contributed by atoms with van der Waals surface area (Å²) in [7, 11) is 0. The summed E-state index contributed by atoms with van der Waals surface area (Å²) in [5, 5.41) is 3.73. The molecule has 178 valence electrons. The van der Waals surface area contributed by atoms with Crippen LogP contribution in [-0.4, -0.2) is 28.3 Å². The maximum atomic E-state index is 13.6. The molecule has 1 N–H and O–H groups in total. The highest BCUT2D eigenvalue weighted by Crippen LogP contribution is 2.19. The van der Waals surface area contributed by atoms with Crippen molar-refractivity contribution in [1.29, 1.82) is 0 Å². The molecule has 0 radical (unpaired) electrons. The van der Waals surface area contributed by atoms with Crippen LogP contribution in [0, 0.1) is 0 Å². The summed E-state index contributed by atoms with van der Waals surface area (Å²) in [6, 6.07) is 26.6. The number of hydrogen-bond acceptors (Lipinski definition) is 2. The molecule has 4 nitrogen and oxygen atoms in total. The highest BCUT2D eigenvalue weighted by molar-refractivity contribution is 6.30. The number of benzene rings is 3. The molecule has 3 aromatic rings. The lowest BCUT2D eigenvalue weighted by Crippen LogP contribution is -2.54. The fourth-order valence-electron chi connectivity index (χ4n) is 3.83. The Morgan fingerprint density at radius 3 is 1.94 bits per heavy atom. The van der Waals surface area contributed by atoms with E-state index in [1.807, 2.05) is 106 Å². The number of nitrogens with one attached hydrogen (secondary N) is 1. The molecule has 3 rings (SSSR count). The van der Waals surface area contributed by atoms with Crippen LogP contribution < -0.4 is 5.32 Å². The van der Waals surface area contributed by atoms with Crippen LogP contribution in [0.25, 0.3) is 0 Å². The van der Waals surface area contributed by atoms with E-state index in [0.717, 1.165) is 16.7 Å². The van der Waals surface area contributed by atoms with Crippen molar-refractivity contribution in [3.05, 3.63) is 107 Å². The van der Waals surface area contributed by atoms with Crippen LogP contribution in [0.4, 0.5) is 0 Å². The lowest BCUT2D eigenvalue weighted by atomic mass is 10.00. The lowest BCUT2D eigenvalue weighted by Gasteiger charge is -2.34. The molecule has 0 saturated carbocycles. The number of rotatable bonds is 9.